The van der Waals surface area contributed by atoms with Gasteiger partial charge < -0.3 is 14.2 Å². The summed E-state index contributed by atoms with van der Waals surface area (Å²) in [5.74, 6) is 0.855. The van der Waals surface area contributed by atoms with Gasteiger partial charge in [0.25, 0.3) is 5.56 Å². The molecule has 0 spiro atoms. The zero-order valence-corrected chi connectivity index (χ0v) is 20.7. The number of carbonyl (C=O) groups excluding carboxylic acids is 1. The van der Waals surface area contributed by atoms with Crippen molar-refractivity contribution in [2.75, 3.05) is 14.2 Å². The molecule has 2 aromatic carbocycles. The molecule has 1 aliphatic heterocycles. The van der Waals surface area contributed by atoms with Crippen molar-refractivity contribution >= 4 is 40.3 Å². The van der Waals surface area contributed by atoms with Crippen molar-refractivity contribution in [1.82, 2.24) is 19.3 Å². The second-order valence-corrected chi connectivity index (χ2v) is 8.76. The van der Waals surface area contributed by atoms with Crippen LogP contribution in [-0.4, -0.2) is 39.5 Å². The maximum absolute atomic E-state index is 13.0. The van der Waals surface area contributed by atoms with Gasteiger partial charge in [0.2, 0.25) is 5.75 Å². The normalized spacial score (nSPS) is 14.1. The van der Waals surface area contributed by atoms with Gasteiger partial charge in [-0.05, 0) is 66.5 Å². The quantitative estimate of drug-likeness (QED) is 0.293. The highest BCUT2D eigenvalue weighted by Gasteiger charge is 2.22. The van der Waals surface area contributed by atoms with E-state index in [1.54, 1.807) is 58.9 Å². The first-order valence-corrected chi connectivity index (χ1v) is 11.6. The van der Waals surface area contributed by atoms with Crippen LogP contribution < -0.4 is 19.8 Å². The van der Waals surface area contributed by atoms with E-state index in [4.69, 9.17) is 30.8 Å². The average Bonchev–Trinajstić information content (AvgIpc) is 3.26. The summed E-state index contributed by atoms with van der Waals surface area (Å²) in [7, 11) is 4.74. The molecular formula is C26H23ClN4O5. The summed E-state index contributed by atoms with van der Waals surface area (Å²) in [6.45, 7) is 0.593. The van der Waals surface area contributed by atoms with Crippen molar-refractivity contribution in [3.63, 3.8) is 0 Å². The van der Waals surface area contributed by atoms with Crippen LogP contribution in [0.4, 0.5) is 0 Å². The van der Waals surface area contributed by atoms with Crippen LogP contribution in [0.5, 0.6) is 17.2 Å². The van der Waals surface area contributed by atoms with Crippen molar-refractivity contribution in [3.8, 4) is 17.2 Å². The van der Waals surface area contributed by atoms with Crippen molar-refractivity contribution in [2.45, 2.75) is 19.4 Å². The Balaban J connectivity index is 1.55. The number of hydrogen-bond donors (Lipinski definition) is 0. The first kappa shape index (κ1) is 23.6. The van der Waals surface area contributed by atoms with E-state index in [2.05, 4.69) is 5.10 Å². The molecule has 4 aromatic rings. The molecule has 184 valence electrons. The predicted molar refractivity (Wildman–Crippen MR) is 136 cm³/mol. The van der Waals surface area contributed by atoms with E-state index >= 15 is 0 Å². The number of methoxy groups -OCH3 is 2. The third-order valence-corrected chi connectivity index (χ3v) is 6.32. The lowest BCUT2D eigenvalue weighted by Gasteiger charge is -2.20. The first-order valence-electron chi connectivity index (χ1n) is 11.3. The first-order chi connectivity index (χ1) is 17.4. The molecule has 0 amide bonds. The summed E-state index contributed by atoms with van der Waals surface area (Å²) in [5, 5.41) is 5.20. The Kier molecular flexibility index (Phi) is 6.24. The minimum atomic E-state index is -0.570. The maximum atomic E-state index is 13.0. The van der Waals surface area contributed by atoms with Crippen LogP contribution in [0.25, 0.3) is 22.7 Å². The molecule has 0 radical (unpaired) electrons. The SMILES string of the molecule is COc1cc(/C=C2\CCCn3c2nc2c(cnn2C)c3=O)cc(OC)c1OC(=O)c1ccc(Cl)cc1. The lowest BCUT2D eigenvalue weighted by molar-refractivity contribution is 0.0724. The highest BCUT2D eigenvalue weighted by atomic mass is 35.5. The summed E-state index contributed by atoms with van der Waals surface area (Å²) in [6.07, 6.45) is 5.04. The Morgan fingerprint density at radius 2 is 1.81 bits per heavy atom. The smallest absolute Gasteiger partial charge is 0.343 e. The predicted octanol–water partition coefficient (Wildman–Crippen LogP) is 4.35. The maximum Gasteiger partial charge on any atom is 0.343 e. The molecule has 0 bridgehead atoms. The molecule has 0 aliphatic carbocycles. The summed E-state index contributed by atoms with van der Waals surface area (Å²) < 4.78 is 20.0. The number of halogens is 1. The fraction of sp³-hybridized carbons (Fsp3) is 0.231. The molecule has 1 aliphatic rings. The number of hydrogen-bond acceptors (Lipinski definition) is 7. The zero-order valence-electron chi connectivity index (χ0n) is 19.9. The molecule has 0 N–H and O–H groups in total. The average molecular weight is 507 g/mol. The van der Waals surface area contributed by atoms with Crippen LogP contribution >= 0.6 is 11.6 Å². The lowest BCUT2D eigenvalue weighted by atomic mass is 10.0. The van der Waals surface area contributed by atoms with Crippen molar-refractivity contribution in [3.05, 3.63) is 74.9 Å². The Labute approximate surface area is 211 Å². The summed E-state index contributed by atoms with van der Waals surface area (Å²) in [6, 6.07) is 9.89. The molecule has 0 unspecified atom stereocenters. The number of esters is 1. The van der Waals surface area contributed by atoms with Gasteiger partial charge in [-0.25, -0.2) is 9.78 Å². The van der Waals surface area contributed by atoms with Crippen LogP contribution in [0.2, 0.25) is 5.02 Å². The number of nitrogens with zero attached hydrogens (tertiary/aromatic N) is 4. The van der Waals surface area contributed by atoms with Gasteiger partial charge in [0.05, 0.1) is 26.0 Å². The van der Waals surface area contributed by atoms with Gasteiger partial charge in [-0.3, -0.25) is 14.0 Å². The Morgan fingerprint density at radius 3 is 2.47 bits per heavy atom. The third-order valence-electron chi connectivity index (χ3n) is 6.06. The molecule has 9 nitrogen and oxygen atoms in total. The van der Waals surface area contributed by atoms with Gasteiger partial charge in [0.1, 0.15) is 11.2 Å². The van der Waals surface area contributed by atoms with Crippen molar-refractivity contribution in [2.24, 2.45) is 7.05 Å². The minimum absolute atomic E-state index is 0.103. The van der Waals surface area contributed by atoms with Gasteiger partial charge in [-0.1, -0.05) is 11.6 Å². The largest absolute Gasteiger partial charge is 0.493 e. The molecule has 0 saturated carbocycles. The van der Waals surface area contributed by atoms with Crippen molar-refractivity contribution in [1.29, 1.82) is 0 Å². The number of rotatable bonds is 5. The monoisotopic (exact) mass is 506 g/mol. The highest BCUT2D eigenvalue weighted by Crippen LogP contribution is 2.40. The standard InChI is InChI=1S/C26H23ClN4O5/c1-30-24-19(14-28-30)25(32)31-10-4-5-17(23(31)29-24)11-15-12-20(34-2)22(21(13-15)35-3)36-26(33)16-6-8-18(27)9-7-16/h6-9,11-14H,4-5,10H2,1-3H3/b17-11+. The lowest BCUT2D eigenvalue weighted by Crippen LogP contribution is -2.27. The van der Waals surface area contributed by atoms with Gasteiger partial charge >= 0.3 is 5.97 Å². The van der Waals surface area contributed by atoms with Crippen LogP contribution in [0.15, 0.2) is 47.4 Å². The van der Waals surface area contributed by atoms with Crippen LogP contribution in [0.1, 0.15) is 34.6 Å². The third kappa shape index (κ3) is 4.22. The van der Waals surface area contributed by atoms with Gasteiger partial charge in [0, 0.05) is 18.6 Å². The van der Waals surface area contributed by atoms with E-state index < -0.39 is 5.97 Å². The molecule has 5 rings (SSSR count). The molecule has 3 heterocycles. The van der Waals surface area contributed by atoms with E-state index in [1.165, 1.54) is 14.2 Å². The van der Waals surface area contributed by atoms with E-state index in [9.17, 15) is 9.59 Å². The Bertz CT molecular complexity index is 1540. The fourth-order valence-electron chi connectivity index (χ4n) is 4.27. The molecule has 36 heavy (non-hydrogen) atoms. The number of fused-ring (bicyclic) bond motifs is 2. The van der Waals surface area contributed by atoms with E-state index in [1.807, 2.05) is 6.08 Å². The Morgan fingerprint density at radius 1 is 1.11 bits per heavy atom. The summed E-state index contributed by atoms with van der Waals surface area (Å²) in [5.41, 5.74) is 2.42. The number of benzene rings is 2. The Hall–Kier alpha value is -4.11. The minimum Gasteiger partial charge on any atom is -0.493 e. The molecule has 0 atom stereocenters. The molecular weight excluding hydrogens is 484 g/mol. The number of aryl methyl sites for hydroxylation is 1. The molecule has 0 saturated heterocycles. The van der Waals surface area contributed by atoms with E-state index in [0.29, 0.717) is 45.5 Å². The number of carbonyl (C=O) groups is 1. The van der Waals surface area contributed by atoms with E-state index in [0.717, 1.165) is 24.0 Å². The second-order valence-electron chi connectivity index (χ2n) is 8.32. The van der Waals surface area contributed by atoms with Gasteiger partial charge in [-0.2, -0.15) is 5.10 Å². The van der Waals surface area contributed by atoms with Crippen LogP contribution in [0, 0.1) is 0 Å². The zero-order chi connectivity index (χ0) is 25.4. The van der Waals surface area contributed by atoms with Gasteiger partial charge in [-0.15, -0.1) is 0 Å². The molecule has 0 fully saturated rings. The van der Waals surface area contributed by atoms with Crippen molar-refractivity contribution < 1.29 is 19.0 Å². The number of aromatic nitrogens is 4. The summed E-state index contributed by atoms with van der Waals surface area (Å²) in [4.78, 5) is 30.5. The van der Waals surface area contributed by atoms with Crippen LogP contribution in [-0.2, 0) is 13.6 Å². The number of allylic oxidation sites excluding steroid dienone is 1. The van der Waals surface area contributed by atoms with Crippen LogP contribution in [0.3, 0.4) is 0 Å². The molecule has 2 aromatic heterocycles. The number of ether oxygens (including phenoxy) is 3. The molecule has 10 heteroatoms. The second kappa shape index (κ2) is 9.50. The topological polar surface area (TPSA) is 97.5 Å². The van der Waals surface area contributed by atoms with E-state index in [-0.39, 0.29) is 11.3 Å². The van der Waals surface area contributed by atoms with Gasteiger partial charge in [0.15, 0.2) is 17.1 Å². The summed E-state index contributed by atoms with van der Waals surface area (Å²) >= 11 is 5.91. The fourth-order valence-corrected chi connectivity index (χ4v) is 4.39. The highest BCUT2D eigenvalue weighted by molar-refractivity contribution is 6.30.